The van der Waals surface area contributed by atoms with Gasteiger partial charge in [-0.15, -0.1) is 0 Å². The Morgan fingerprint density at radius 2 is 2.30 bits per heavy atom. The lowest BCUT2D eigenvalue weighted by atomic mass is 10.3. The number of aryl methyl sites for hydroxylation is 1. The van der Waals surface area contributed by atoms with E-state index in [1.807, 2.05) is 17.7 Å². The largest absolute Gasteiger partial charge is 0.382 e. The molecule has 0 fully saturated rings. The summed E-state index contributed by atoms with van der Waals surface area (Å²) in [4.78, 5) is 4.25. The molecule has 108 valence electrons. The van der Waals surface area contributed by atoms with Crippen molar-refractivity contribution in [2.75, 3.05) is 18.5 Å². The maximum absolute atomic E-state index is 13.3. The van der Waals surface area contributed by atoms with Gasteiger partial charge in [0.25, 0.3) is 0 Å². The van der Waals surface area contributed by atoms with Crippen LogP contribution in [0.1, 0.15) is 13.3 Å². The zero-order chi connectivity index (χ0) is 14.4. The minimum atomic E-state index is -0.287. The molecule has 20 heavy (non-hydrogen) atoms. The Morgan fingerprint density at radius 1 is 1.45 bits per heavy atom. The van der Waals surface area contributed by atoms with E-state index in [0.29, 0.717) is 11.6 Å². The third-order valence-corrected chi connectivity index (χ3v) is 3.47. The molecule has 0 saturated carbocycles. The van der Waals surface area contributed by atoms with Gasteiger partial charge in [-0.3, -0.25) is 0 Å². The molecule has 1 N–H and O–H groups in total. The molecule has 4 nitrogen and oxygen atoms in total. The topological polar surface area (TPSA) is 39.1 Å². The lowest BCUT2D eigenvalue weighted by molar-refractivity contribution is 0.142. The molecule has 1 heterocycles. The van der Waals surface area contributed by atoms with Gasteiger partial charge < -0.3 is 14.6 Å². The molecule has 0 aliphatic rings. The highest BCUT2D eigenvalue weighted by molar-refractivity contribution is 9.10. The molecular formula is C14H17BrFN3O. The van der Waals surface area contributed by atoms with Crippen LogP contribution >= 0.6 is 15.9 Å². The monoisotopic (exact) mass is 341 g/mol. The highest BCUT2D eigenvalue weighted by atomic mass is 79.9. The summed E-state index contributed by atoms with van der Waals surface area (Å²) in [6.07, 6.45) is 4.51. The molecule has 0 aliphatic carbocycles. The van der Waals surface area contributed by atoms with Crippen molar-refractivity contribution in [3.8, 4) is 0 Å². The lowest BCUT2D eigenvalue weighted by Gasteiger charge is -2.11. The highest BCUT2D eigenvalue weighted by Crippen LogP contribution is 2.26. The molecule has 0 spiro atoms. The predicted molar refractivity (Wildman–Crippen MR) is 80.7 cm³/mol. The van der Waals surface area contributed by atoms with Gasteiger partial charge in [0.2, 0.25) is 5.95 Å². The van der Waals surface area contributed by atoms with E-state index in [9.17, 15) is 4.39 Å². The first-order valence-electron chi connectivity index (χ1n) is 6.51. The van der Waals surface area contributed by atoms with Gasteiger partial charge in [0.15, 0.2) is 0 Å². The summed E-state index contributed by atoms with van der Waals surface area (Å²) in [5.74, 6) is 0.401. The van der Waals surface area contributed by atoms with Crippen LogP contribution in [0.2, 0.25) is 0 Å². The Bertz CT molecular complexity index is 559. The second kappa shape index (κ2) is 7.40. The van der Waals surface area contributed by atoms with Crippen LogP contribution in [-0.4, -0.2) is 22.8 Å². The average molecular weight is 342 g/mol. The molecule has 2 aromatic rings. The molecule has 0 atom stereocenters. The van der Waals surface area contributed by atoms with Gasteiger partial charge in [0, 0.05) is 36.6 Å². The van der Waals surface area contributed by atoms with Crippen LogP contribution in [0.15, 0.2) is 35.1 Å². The number of halogens is 2. The van der Waals surface area contributed by atoms with E-state index >= 15 is 0 Å². The quantitative estimate of drug-likeness (QED) is 0.775. The fraction of sp³-hybridized carbons (Fsp3) is 0.357. The summed E-state index contributed by atoms with van der Waals surface area (Å²) in [6, 6.07) is 4.51. The van der Waals surface area contributed by atoms with Crippen molar-refractivity contribution < 1.29 is 9.13 Å². The van der Waals surface area contributed by atoms with E-state index in [1.54, 1.807) is 12.3 Å². The van der Waals surface area contributed by atoms with E-state index in [0.717, 1.165) is 30.7 Å². The number of anilines is 2. The van der Waals surface area contributed by atoms with Crippen molar-refractivity contribution >= 4 is 27.6 Å². The Labute approximate surface area is 126 Å². The van der Waals surface area contributed by atoms with Crippen LogP contribution in [0.4, 0.5) is 16.0 Å². The molecule has 0 saturated heterocycles. The van der Waals surface area contributed by atoms with Crippen molar-refractivity contribution in [1.29, 1.82) is 0 Å². The Balaban J connectivity index is 2.02. The number of aromatic nitrogens is 2. The highest BCUT2D eigenvalue weighted by Gasteiger charge is 2.06. The molecule has 2 rings (SSSR count). The van der Waals surface area contributed by atoms with Gasteiger partial charge in [0.05, 0.1) is 5.69 Å². The minimum Gasteiger partial charge on any atom is -0.382 e. The summed E-state index contributed by atoms with van der Waals surface area (Å²) in [7, 11) is 0. The Hall–Kier alpha value is -1.40. The molecule has 0 bridgehead atoms. The number of imidazole rings is 1. The maximum Gasteiger partial charge on any atom is 0.207 e. The van der Waals surface area contributed by atoms with E-state index in [4.69, 9.17) is 4.74 Å². The third-order valence-electron chi connectivity index (χ3n) is 2.78. The summed E-state index contributed by atoms with van der Waals surface area (Å²) < 4.78 is 21.3. The first-order valence-corrected chi connectivity index (χ1v) is 7.31. The Morgan fingerprint density at radius 3 is 3.10 bits per heavy atom. The second-order valence-corrected chi connectivity index (χ2v) is 5.10. The SMILES string of the molecule is CCOCCCn1ccnc1Nc1cc(F)ccc1Br. The smallest absolute Gasteiger partial charge is 0.207 e. The van der Waals surface area contributed by atoms with E-state index in [-0.39, 0.29) is 5.82 Å². The Kier molecular flexibility index (Phi) is 5.55. The van der Waals surface area contributed by atoms with E-state index in [2.05, 4.69) is 26.2 Å². The number of nitrogens with one attached hydrogen (secondary N) is 1. The van der Waals surface area contributed by atoms with Gasteiger partial charge in [-0.25, -0.2) is 9.37 Å². The van der Waals surface area contributed by atoms with Crippen LogP contribution < -0.4 is 5.32 Å². The van der Waals surface area contributed by atoms with Crippen LogP contribution in [0.5, 0.6) is 0 Å². The first kappa shape index (κ1) is 15.0. The van der Waals surface area contributed by atoms with Crippen molar-refractivity contribution in [1.82, 2.24) is 9.55 Å². The van der Waals surface area contributed by atoms with E-state index < -0.39 is 0 Å². The van der Waals surface area contributed by atoms with E-state index in [1.165, 1.54) is 12.1 Å². The zero-order valence-electron chi connectivity index (χ0n) is 11.3. The van der Waals surface area contributed by atoms with Crippen molar-refractivity contribution in [3.63, 3.8) is 0 Å². The number of ether oxygens (including phenoxy) is 1. The first-order chi connectivity index (χ1) is 9.70. The third kappa shape index (κ3) is 4.05. The summed E-state index contributed by atoms with van der Waals surface area (Å²) in [5.41, 5.74) is 0.655. The van der Waals surface area contributed by atoms with Crippen LogP contribution in [0.25, 0.3) is 0 Å². The molecule has 0 unspecified atom stereocenters. The number of hydrogen-bond donors (Lipinski definition) is 1. The van der Waals surface area contributed by atoms with Crippen molar-refractivity contribution in [3.05, 3.63) is 40.9 Å². The van der Waals surface area contributed by atoms with Gasteiger partial charge >= 0.3 is 0 Å². The standard InChI is InChI=1S/C14H17BrFN3O/c1-2-20-9-3-7-19-8-6-17-14(19)18-13-10-11(16)4-5-12(13)15/h4-6,8,10H,2-3,7,9H2,1H3,(H,17,18). The number of benzene rings is 1. The van der Waals surface area contributed by atoms with Crippen LogP contribution in [0.3, 0.4) is 0 Å². The second-order valence-electron chi connectivity index (χ2n) is 4.24. The predicted octanol–water partition coefficient (Wildman–Crippen LogP) is 3.95. The fourth-order valence-electron chi connectivity index (χ4n) is 1.81. The fourth-order valence-corrected chi connectivity index (χ4v) is 2.15. The zero-order valence-corrected chi connectivity index (χ0v) is 12.9. The number of rotatable bonds is 7. The van der Waals surface area contributed by atoms with Gasteiger partial charge in [-0.05, 0) is 47.5 Å². The molecule has 1 aromatic heterocycles. The van der Waals surface area contributed by atoms with Crippen LogP contribution in [0, 0.1) is 5.82 Å². The molecule has 0 aliphatic heterocycles. The van der Waals surface area contributed by atoms with Crippen LogP contribution in [-0.2, 0) is 11.3 Å². The summed E-state index contributed by atoms with van der Waals surface area (Å²) in [5, 5.41) is 3.13. The molecular weight excluding hydrogens is 325 g/mol. The summed E-state index contributed by atoms with van der Waals surface area (Å²) in [6.45, 7) is 4.23. The maximum atomic E-state index is 13.3. The molecule has 0 amide bonds. The van der Waals surface area contributed by atoms with Gasteiger partial charge in [-0.1, -0.05) is 0 Å². The van der Waals surface area contributed by atoms with Gasteiger partial charge in [-0.2, -0.15) is 0 Å². The lowest BCUT2D eigenvalue weighted by Crippen LogP contribution is -2.06. The molecule has 0 radical (unpaired) electrons. The van der Waals surface area contributed by atoms with Crippen molar-refractivity contribution in [2.45, 2.75) is 19.9 Å². The number of nitrogens with zero attached hydrogens (tertiary/aromatic N) is 2. The average Bonchev–Trinajstić information content (AvgIpc) is 2.86. The van der Waals surface area contributed by atoms with Crippen molar-refractivity contribution in [2.24, 2.45) is 0 Å². The summed E-state index contributed by atoms with van der Waals surface area (Å²) >= 11 is 3.39. The molecule has 1 aromatic carbocycles. The van der Waals surface area contributed by atoms with Gasteiger partial charge in [0.1, 0.15) is 5.82 Å². The number of hydrogen-bond acceptors (Lipinski definition) is 3. The molecule has 6 heteroatoms. The minimum absolute atomic E-state index is 0.287. The normalized spacial score (nSPS) is 10.8.